The zero-order valence-corrected chi connectivity index (χ0v) is 10.6. The van der Waals surface area contributed by atoms with Crippen LogP contribution in [-0.2, 0) is 20.9 Å². The van der Waals surface area contributed by atoms with Crippen molar-refractivity contribution in [2.75, 3.05) is 0 Å². The first kappa shape index (κ1) is 13.3. The van der Waals surface area contributed by atoms with E-state index in [4.69, 9.17) is 5.11 Å². The topological polar surface area (TPSA) is 74.7 Å². The van der Waals surface area contributed by atoms with Crippen LogP contribution in [0.4, 0.5) is 0 Å². The number of ketones is 1. The number of carbonyl (C=O) groups excluding carboxylic acids is 2. The van der Waals surface area contributed by atoms with Crippen molar-refractivity contribution in [3.63, 3.8) is 0 Å². The molecular weight excluding hydrogens is 246 g/mol. The molecule has 1 atom stereocenters. The Morgan fingerprint density at radius 1 is 1.32 bits per heavy atom. The van der Waals surface area contributed by atoms with Crippen molar-refractivity contribution in [2.45, 2.75) is 32.4 Å². The zero-order valence-electron chi connectivity index (χ0n) is 10.6. The standard InChI is InChI=1S/C14H15NO4/c1-9-2-4-10(5-3-9)8-15-11(6-7-12(15)16)13(17)14(18)19/h2-5,11H,6-8H2,1H3,(H,18,19). The van der Waals surface area contributed by atoms with E-state index >= 15 is 0 Å². The second-order valence-electron chi connectivity index (χ2n) is 4.73. The van der Waals surface area contributed by atoms with Crippen LogP contribution in [0.25, 0.3) is 0 Å². The Balaban J connectivity index is 2.16. The van der Waals surface area contributed by atoms with Gasteiger partial charge in [-0.05, 0) is 18.9 Å². The highest BCUT2D eigenvalue weighted by molar-refractivity contribution is 6.35. The number of benzene rings is 1. The van der Waals surface area contributed by atoms with Crippen molar-refractivity contribution in [1.29, 1.82) is 0 Å². The number of hydrogen-bond acceptors (Lipinski definition) is 3. The van der Waals surface area contributed by atoms with E-state index in [0.29, 0.717) is 0 Å². The molecule has 0 aliphatic carbocycles. The molecule has 0 saturated carbocycles. The number of rotatable bonds is 4. The fourth-order valence-corrected chi connectivity index (χ4v) is 2.24. The molecule has 1 saturated heterocycles. The fourth-order valence-electron chi connectivity index (χ4n) is 2.24. The second kappa shape index (κ2) is 5.22. The summed E-state index contributed by atoms with van der Waals surface area (Å²) in [6.45, 7) is 2.24. The number of Topliss-reactive ketones (excluding diaryl/α,β-unsaturated/α-hetero) is 1. The summed E-state index contributed by atoms with van der Waals surface area (Å²) >= 11 is 0. The van der Waals surface area contributed by atoms with Crippen molar-refractivity contribution in [3.8, 4) is 0 Å². The number of carboxylic acid groups (broad SMARTS) is 1. The minimum Gasteiger partial charge on any atom is -0.475 e. The van der Waals surface area contributed by atoms with Crippen molar-refractivity contribution < 1.29 is 19.5 Å². The van der Waals surface area contributed by atoms with Gasteiger partial charge in [-0.2, -0.15) is 0 Å². The maximum absolute atomic E-state index is 11.8. The van der Waals surface area contributed by atoms with Crippen LogP contribution in [0.1, 0.15) is 24.0 Å². The van der Waals surface area contributed by atoms with Crippen molar-refractivity contribution in [2.24, 2.45) is 0 Å². The van der Waals surface area contributed by atoms with Crippen LogP contribution in [0, 0.1) is 6.92 Å². The minimum absolute atomic E-state index is 0.167. The Labute approximate surface area is 110 Å². The Morgan fingerprint density at radius 3 is 2.53 bits per heavy atom. The Bertz CT molecular complexity index is 521. The molecule has 0 radical (unpaired) electrons. The molecule has 5 heteroatoms. The third-order valence-corrected chi connectivity index (χ3v) is 3.32. The highest BCUT2D eigenvalue weighted by Gasteiger charge is 2.38. The van der Waals surface area contributed by atoms with Crippen molar-refractivity contribution in [1.82, 2.24) is 4.90 Å². The van der Waals surface area contributed by atoms with E-state index in [-0.39, 0.29) is 25.3 Å². The van der Waals surface area contributed by atoms with Crippen LogP contribution in [-0.4, -0.2) is 33.7 Å². The summed E-state index contributed by atoms with van der Waals surface area (Å²) in [5.41, 5.74) is 2.00. The van der Waals surface area contributed by atoms with E-state index in [1.54, 1.807) is 0 Å². The Kier molecular flexibility index (Phi) is 3.64. The molecule has 0 bridgehead atoms. The molecule has 1 N–H and O–H groups in total. The summed E-state index contributed by atoms with van der Waals surface area (Å²) in [4.78, 5) is 35.4. The van der Waals surface area contributed by atoms with Gasteiger partial charge >= 0.3 is 5.97 Å². The van der Waals surface area contributed by atoms with Crippen LogP contribution >= 0.6 is 0 Å². The van der Waals surface area contributed by atoms with Gasteiger partial charge in [-0.3, -0.25) is 9.59 Å². The molecule has 1 fully saturated rings. The van der Waals surface area contributed by atoms with Crippen LogP contribution < -0.4 is 0 Å². The summed E-state index contributed by atoms with van der Waals surface area (Å²) in [6.07, 6.45) is 0.519. The summed E-state index contributed by atoms with van der Waals surface area (Å²) in [5, 5.41) is 8.76. The normalized spacial score (nSPS) is 18.7. The molecule has 5 nitrogen and oxygen atoms in total. The lowest BCUT2D eigenvalue weighted by atomic mass is 10.1. The summed E-state index contributed by atoms with van der Waals surface area (Å²) in [7, 11) is 0. The molecule has 19 heavy (non-hydrogen) atoms. The van der Waals surface area contributed by atoms with Gasteiger partial charge in [0.25, 0.3) is 5.78 Å². The van der Waals surface area contributed by atoms with Crippen LogP contribution in [0.5, 0.6) is 0 Å². The lowest BCUT2D eigenvalue weighted by Crippen LogP contribution is -2.41. The molecule has 0 aromatic heterocycles. The molecular formula is C14H15NO4. The lowest BCUT2D eigenvalue weighted by molar-refractivity contribution is -0.152. The van der Waals surface area contributed by atoms with Gasteiger partial charge in [0.1, 0.15) is 6.04 Å². The van der Waals surface area contributed by atoms with Gasteiger partial charge in [0, 0.05) is 13.0 Å². The highest BCUT2D eigenvalue weighted by Crippen LogP contribution is 2.22. The Hall–Kier alpha value is -2.17. The van der Waals surface area contributed by atoms with Crippen LogP contribution in [0.3, 0.4) is 0 Å². The van der Waals surface area contributed by atoms with E-state index in [9.17, 15) is 14.4 Å². The summed E-state index contributed by atoms with van der Waals surface area (Å²) < 4.78 is 0. The fraction of sp³-hybridized carbons (Fsp3) is 0.357. The predicted octanol–water partition coefficient (Wildman–Crippen LogP) is 1.14. The van der Waals surface area contributed by atoms with E-state index in [1.165, 1.54) is 4.90 Å². The molecule has 1 aliphatic heterocycles. The minimum atomic E-state index is -1.48. The van der Waals surface area contributed by atoms with Gasteiger partial charge in [-0.25, -0.2) is 4.79 Å². The average molecular weight is 261 g/mol. The number of carbonyl (C=O) groups is 3. The number of aryl methyl sites for hydroxylation is 1. The van der Waals surface area contributed by atoms with Gasteiger partial charge in [0.2, 0.25) is 5.91 Å². The first-order chi connectivity index (χ1) is 8.99. The third-order valence-electron chi connectivity index (χ3n) is 3.32. The number of likely N-dealkylation sites (tertiary alicyclic amines) is 1. The molecule has 1 heterocycles. The summed E-state index contributed by atoms with van der Waals surface area (Å²) in [5.74, 6) is -2.55. The maximum atomic E-state index is 11.8. The van der Waals surface area contributed by atoms with Crippen LogP contribution in [0.2, 0.25) is 0 Å². The molecule has 1 aliphatic rings. The first-order valence-electron chi connectivity index (χ1n) is 6.11. The maximum Gasteiger partial charge on any atom is 0.374 e. The quantitative estimate of drug-likeness (QED) is 0.825. The van der Waals surface area contributed by atoms with Gasteiger partial charge < -0.3 is 10.0 Å². The monoisotopic (exact) mass is 261 g/mol. The molecule has 1 unspecified atom stereocenters. The Morgan fingerprint density at radius 2 is 1.95 bits per heavy atom. The van der Waals surface area contributed by atoms with E-state index in [1.807, 2.05) is 31.2 Å². The largest absolute Gasteiger partial charge is 0.475 e. The number of carboxylic acids is 1. The van der Waals surface area contributed by atoms with Crippen molar-refractivity contribution in [3.05, 3.63) is 35.4 Å². The molecule has 0 spiro atoms. The van der Waals surface area contributed by atoms with Gasteiger partial charge in [0.05, 0.1) is 0 Å². The molecule has 1 aromatic carbocycles. The lowest BCUT2D eigenvalue weighted by Gasteiger charge is -2.22. The highest BCUT2D eigenvalue weighted by atomic mass is 16.4. The van der Waals surface area contributed by atoms with E-state index < -0.39 is 17.8 Å². The van der Waals surface area contributed by atoms with E-state index in [2.05, 4.69) is 0 Å². The summed E-state index contributed by atoms with van der Waals surface area (Å²) in [6, 6.07) is 6.77. The van der Waals surface area contributed by atoms with Crippen molar-refractivity contribution >= 4 is 17.7 Å². The molecule has 1 amide bonds. The number of amides is 1. The first-order valence-corrected chi connectivity index (χ1v) is 6.11. The molecule has 2 rings (SSSR count). The number of nitrogens with zero attached hydrogens (tertiary/aromatic N) is 1. The average Bonchev–Trinajstić information content (AvgIpc) is 2.73. The number of aliphatic carboxylic acids is 1. The smallest absolute Gasteiger partial charge is 0.374 e. The predicted molar refractivity (Wildman–Crippen MR) is 67.4 cm³/mol. The van der Waals surface area contributed by atoms with Gasteiger partial charge in [-0.1, -0.05) is 29.8 Å². The van der Waals surface area contributed by atoms with Crippen LogP contribution in [0.15, 0.2) is 24.3 Å². The molecule has 100 valence electrons. The van der Waals surface area contributed by atoms with E-state index in [0.717, 1.165) is 11.1 Å². The SMILES string of the molecule is Cc1ccc(CN2C(=O)CCC2C(=O)C(=O)O)cc1. The molecule has 1 aromatic rings. The number of hydrogen-bond donors (Lipinski definition) is 1. The third kappa shape index (κ3) is 2.81. The zero-order chi connectivity index (χ0) is 14.0. The van der Waals surface area contributed by atoms with Gasteiger partial charge in [-0.15, -0.1) is 0 Å². The second-order valence-corrected chi connectivity index (χ2v) is 4.73. The van der Waals surface area contributed by atoms with Gasteiger partial charge in [0.15, 0.2) is 0 Å².